The molecule has 1 aliphatic heterocycles. The number of carbonyl (C=O) groups is 1. The Kier molecular flexibility index (Phi) is 2.67. The molecule has 0 radical (unpaired) electrons. The van der Waals surface area contributed by atoms with Crippen LogP contribution in [0.5, 0.6) is 0 Å². The van der Waals surface area contributed by atoms with Crippen LogP contribution in [0.4, 0.5) is 4.79 Å². The molecular formula is C6H13N3O2. The van der Waals surface area contributed by atoms with Gasteiger partial charge in [0.1, 0.15) is 0 Å². The van der Waals surface area contributed by atoms with Crippen LogP contribution < -0.4 is 11.5 Å². The number of nitrogens with two attached hydrogens (primary N) is 2. The Morgan fingerprint density at radius 2 is 2.00 bits per heavy atom. The second-order valence-corrected chi connectivity index (χ2v) is 2.68. The van der Waals surface area contributed by atoms with Crippen molar-refractivity contribution in [3.05, 3.63) is 0 Å². The van der Waals surface area contributed by atoms with Crippen LogP contribution in [0, 0.1) is 0 Å². The Hall–Kier alpha value is -0.810. The van der Waals surface area contributed by atoms with Gasteiger partial charge in [0.2, 0.25) is 0 Å². The molecule has 4 N–H and O–H groups in total. The van der Waals surface area contributed by atoms with Gasteiger partial charge in [0.25, 0.3) is 0 Å². The minimum absolute atomic E-state index is 0.239. The van der Waals surface area contributed by atoms with E-state index in [1.807, 2.05) is 0 Å². The molecule has 0 aliphatic carbocycles. The molecule has 0 atom stereocenters. The Morgan fingerprint density at radius 3 is 2.45 bits per heavy atom. The fourth-order valence-corrected chi connectivity index (χ4v) is 1.09. The summed E-state index contributed by atoms with van der Waals surface area (Å²) in [6, 6.07) is 0.239. The lowest BCUT2D eigenvalue weighted by atomic mass is 10.1. The Bertz CT molecular complexity index is 143. The van der Waals surface area contributed by atoms with Crippen LogP contribution in [0.25, 0.3) is 0 Å². The predicted octanol–water partition coefficient (Wildman–Crippen LogP) is -0.580. The standard InChI is InChI=1S/C6H13N3O2/c7-5-1-3-9(4-2-5)11-6(8)10/h5H,1-4,7H2,(H2,8,10). The molecule has 0 aromatic heterocycles. The quantitative estimate of drug-likeness (QED) is 0.536. The third-order valence-electron chi connectivity index (χ3n) is 1.72. The molecule has 1 saturated heterocycles. The van der Waals surface area contributed by atoms with Gasteiger partial charge in [-0.05, 0) is 12.8 Å². The number of hydrogen-bond acceptors (Lipinski definition) is 4. The summed E-state index contributed by atoms with van der Waals surface area (Å²) in [6.45, 7) is 1.37. The lowest BCUT2D eigenvalue weighted by Crippen LogP contribution is -2.41. The van der Waals surface area contributed by atoms with Crippen LogP contribution in [-0.2, 0) is 4.84 Å². The molecule has 1 amide bonds. The van der Waals surface area contributed by atoms with Crippen molar-refractivity contribution in [2.24, 2.45) is 11.5 Å². The topological polar surface area (TPSA) is 81.6 Å². The van der Waals surface area contributed by atoms with Crippen molar-refractivity contribution in [1.82, 2.24) is 5.06 Å². The van der Waals surface area contributed by atoms with E-state index in [2.05, 4.69) is 4.84 Å². The zero-order valence-corrected chi connectivity index (χ0v) is 6.32. The fourth-order valence-electron chi connectivity index (χ4n) is 1.09. The molecule has 11 heavy (non-hydrogen) atoms. The second-order valence-electron chi connectivity index (χ2n) is 2.68. The van der Waals surface area contributed by atoms with E-state index in [0.717, 1.165) is 12.8 Å². The minimum atomic E-state index is -0.750. The van der Waals surface area contributed by atoms with E-state index in [9.17, 15) is 4.79 Å². The lowest BCUT2D eigenvalue weighted by Gasteiger charge is -2.27. The third-order valence-corrected chi connectivity index (χ3v) is 1.72. The van der Waals surface area contributed by atoms with E-state index < -0.39 is 6.09 Å². The molecule has 0 unspecified atom stereocenters. The van der Waals surface area contributed by atoms with Crippen LogP contribution in [-0.4, -0.2) is 30.3 Å². The van der Waals surface area contributed by atoms with E-state index in [1.54, 1.807) is 5.06 Å². The first-order valence-corrected chi connectivity index (χ1v) is 3.66. The molecule has 0 aromatic rings. The van der Waals surface area contributed by atoms with Crippen LogP contribution in [0.3, 0.4) is 0 Å². The van der Waals surface area contributed by atoms with Crippen molar-refractivity contribution < 1.29 is 9.63 Å². The number of hydrogen-bond donors (Lipinski definition) is 2. The summed E-state index contributed by atoms with van der Waals surface area (Å²) in [5, 5.41) is 1.55. The van der Waals surface area contributed by atoms with E-state index in [-0.39, 0.29) is 6.04 Å². The molecule has 1 aliphatic rings. The summed E-state index contributed by atoms with van der Waals surface area (Å²) in [5.74, 6) is 0. The highest BCUT2D eigenvalue weighted by molar-refractivity contribution is 5.64. The van der Waals surface area contributed by atoms with Crippen molar-refractivity contribution in [3.8, 4) is 0 Å². The predicted molar refractivity (Wildman–Crippen MR) is 39.5 cm³/mol. The molecular weight excluding hydrogens is 146 g/mol. The first-order valence-electron chi connectivity index (χ1n) is 3.66. The maximum Gasteiger partial charge on any atom is 0.423 e. The molecule has 5 heteroatoms. The molecule has 1 fully saturated rings. The summed E-state index contributed by atoms with van der Waals surface area (Å²) in [5.41, 5.74) is 10.5. The Labute approximate surface area is 65.2 Å². The summed E-state index contributed by atoms with van der Waals surface area (Å²) in [7, 11) is 0. The zero-order chi connectivity index (χ0) is 8.27. The van der Waals surface area contributed by atoms with Crippen molar-refractivity contribution in [3.63, 3.8) is 0 Å². The number of primary amides is 1. The van der Waals surface area contributed by atoms with Gasteiger partial charge in [-0.15, -0.1) is 5.06 Å². The number of carbonyl (C=O) groups excluding carboxylic acids is 1. The fraction of sp³-hybridized carbons (Fsp3) is 0.833. The average molecular weight is 159 g/mol. The van der Waals surface area contributed by atoms with Gasteiger partial charge in [0, 0.05) is 19.1 Å². The Balaban J connectivity index is 2.22. The highest BCUT2D eigenvalue weighted by Gasteiger charge is 2.17. The first-order chi connectivity index (χ1) is 5.18. The lowest BCUT2D eigenvalue weighted by molar-refractivity contribution is -0.109. The third kappa shape index (κ3) is 2.73. The number of nitrogens with zero attached hydrogens (tertiary/aromatic N) is 1. The van der Waals surface area contributed by atoms with Crippen molar-refractivity contribution in [2.75, 3.05) is 13.1 Å². The van der Waals surface area contributed by atoms with Crippen molar-refractivity contribution in [1.29, 1.82) is 0 Å². The van der Waals surface area contributed by atoms with Gasteiger partial charge >= 0.3 is 6.09 Å². The first kappa shape index (κ1) is 8.29. The number of piperidine rings is 1. The van der Waals surface area contributed by atoms with Crippen molar-refractivity contribution >= 4 is 6.09 Å². The van der Waals surface area contributed by atoms with Gasteiger partial charge in [0.15, 0.2) is 0 Å². The van der Waals surface area contributed by atoms with Crippen LogP contribution in [0.15, 0.2) is 0 Å². The van der Waals surface area contributed by atoms with Gasteiger partial charge in [-0.2, -0.15) is 0 Å². The van der Waals surface area contributed by atoms with Gasteiger partial charge in [-0.1, -0.05) is 0 Å². The molecule has 0 aromatic carbocycles. The molecule has 0 saturated carbocycles. The van der Waals surface area contributed by atoms with E-state index in [4.69, 9.17) is 11.5 Å². The highest BCUT2D eigenvalue weighted by Crippen LogP contribution is 2.07. The molecule has 0 spiro atoms. The Morgan fingerprint density at radius 1 is 1.45 bits per heavy atom. The van der Waals surface area contributed by atoms with Gasteiger partial charge in [0.05, 0.1) is 0 Å². The van der Waals surface area contributed by atoms with Crippen LogP contribution in [0.2, 0.25) is 0 Å². The van der Waals surface area contributed by atoms with Gasteiger partial charge in [-0.25, -0.2) is 4.79 Å². The maximum atomic E-state index is 10.3. The van der Waals surface area contributed by atoms with E-state index >= 15 is 0 Å². The van der Waals surface area contributed by atoms with Gasteiger partial charge < -0.3 is 16.3 Å². The minimum Gasteiger partial charge on any atom is -0.351 e. The monoisotopic (exact) mass is 159 g/mol. The van der Waals surface area contributed by atoms with Crippen molar-refractivity contribution in [2.45, 2.75) is 18.9 Å². The molecule has 1 heterocycles. The summed E-state index contributed by atoms with van der Waals surface area (Å²) in [4.78, 5) is 14.9. The molecule has 5 nitrogen and oxygen atoms in total. The summed E-state index contributed by atoms with van der Waals surface area (Å²) < 4.78 is 0. The summed E-state index contributed by atoms with van der Waals surface area (Å²) in [6.07, 6.45) is 0.959. The second kappa shape index (κ2) is 3.54. The van der Waals surface area contributed by atoms with Crippen LogP contribution in [0.1, 0.15) is 12.8 Å². The normalized spacial score (nSPS) is 21.5. The van der Waals surface area contributed by atoms with Gasteiger partial charge in [-0.3, -0.25) is 0 Å². The smallest absolute Gasteiger partial charge is 0.351 e. The van der Waals surface area contributed by atoms with Crippen LogP contribution >= 0.6 is 0 Å². The van der Waals surface area contributed by atoms with E-state index in [1.165, 1.54) is 0 Å². The largest absolute Gasteiger partial charge is 0.423 e. The maximum absolute atomic E-state index is 10.3. The van der Waals surface area contributed by atoms with E-state index in [0.29, 0.717) is 13.1 Å². The highest BCUT2D eigenvalue weighted by atomic mass is 16.7. The molecule has 64 valence electrons. The zero-order valence-electron chi connectivity index (χ0n) is 6.32. The summed E-state index contributed by atoms with van der Waals surface area (Å²) >= 11 is 0. The number of hydroxylamine groups is 2. The molecule has 0 bridgehead atoms. The SMILES string of the molecule is NC(=O)ON1CCC(N)CC1. The average Bonchev–Trinajstić information content (AvgIpc) is 1.93. The number of rotatable bonds is 1. The number of amides is 1. The molecule has 1 rings (SSSR count).